The first-order chi connectivity index (χ1) is 15.9. The maximum atomic E-state index is 12.0. The van der Waals surface area contributed by atoms with Crippen molar-refractivity contribution in [1.82, 2.24) is 15.0 Å². The number of rotatable bonds is 5. The maximum Gasteiger partial charge on any atom is 0.227 e. The van der Waals surface area contributed by atoms with E-state index >= 15 is 0 Å². The summed E-state index contributed by atoms with van der Waals surface area (Å²) in [4.78, 5) is 14.4. The average molecular weight is 483 g/mol. The smallest absolute Gasteiger partial charge is 0.227 e. The number of halogens is 1. The third-order valence-corrected chi connectivity index (χ3v) is 7.73. The largest absolute Gasteiger partial charge is 0.494 e. The molecule has 2 aromatic heterocycles. The fourth-order valence-electron chi connectivity index (χ4n) is 4.00. The van der Waals surface area contributed by atoms with Crippen LogP contribution < -0.4 is 15.0 Å². The van der Waals surface area contributed by atoms with E-state index in [2.05, 4.69) is 25.2 Å². The number of fused-ring (bicyclic) bond motifs is 1. The molecule has 170 valence electrons. The molecule has 0 atom stereocenters. The molecule has 0 bridgehead atoms. The van der Waals surface area contributed by atoms with Crippen LogP contribution in [0.2, 0.25) is 5.02 Å². The molecule has 1 fully saturated rings. The van der Waals surface area contributed by atoms with Crippen LogP contribution in [0.25, 0.3) is 22.2 Å². The van der Waals surface area contributed by atoms with Gasteiger partial charge >= 0.3 is 0 Å². The monoisotopic (exact) mass is 482 g/mol. The van der Waals surface area contributed by atoms with Gasteiger partial charge in [-0.2, -0.15) is 0 Å². The van der Waals surface area contributed by atoms with Gasteiger partial charge in [-0.1, -0.05) is 23.7 Å². The number of methoxy groups -OCH3 is 1. The predicted molar refractivity (Wildman–Crippen MR) is 133 cm³/mol. The van der Waals surface area contributed by atoms with Crippen LogP contribution in [-0.2, 0) is 9.73 Å². The summed E-state index contributed by atoms with van der Waals surface area (Å²) in [5.41, 5.74) is 4.25. The lowest BCUT2D eigenvalue weighted by molar-refractivity contribution is 0.416. The zero-order valence-corrected chi connectivity index (χ0v) is 19.5. The Bertz CT molecular complexity index is 1420. The topological polar surface area (TPSA) is 107 Å². The molecule has 0 unspecified atom stereocenters. The van der Waals surface area contributed by atoms with Crippen molar-refractivity contribution in [3.63, 3.8) is 0 Å². The Labute approximate surface area is 196 Å². The lowest BCUT2D eigenvalue weighted by Crippen LogP contribution is -2.39. The Morgan fingerprint density at radius 2 is 2.03 bits per heavy atom. The third kappa shape index (κ3) is 4.34. The number of anilines is 3. The molecule has 8 nitrogen and oxygen atoms in total. The summed E-state index contributed by atoms with van der Waals surface area (Å²) in [6.45, 7) is 1.18. The SMILES string of the molecule is COc1cc(N2CCS(=N)(=O)CC2)ccc1Nc1ncc(Cl)c(-c2cccc3[nH]ccc23)n1. The minimum Gasteiger partial charge on any atom is -0.494 e. The van der Waals surface area contributed by atoms with E-state index < -0.39 is 9.73 Å². The van der Waals surface area contributed by atoms with Gasteiger partial charge in [0.15, 0.2) is 0 Å². The summed E-state index contributed by atoms with van der Waals surface area (Å²) in [6, 6.07) is 13.8. The number of aromatic amines is 1. The Morgan fingerprint density at radius 3 is 2.82 bits per heavy atom. The molecule has 4 aromatic rings. The van der Waals surface area contributed by atoms with Crippen molar-refractivity contribution in [2.75, 3.05) is 41.9 Å². The lowest BCUT2D eigenvalue weighted by Gasteiger charge is -2.30. The van der Waals surface area contributed by atoms with Crippen LogP contribution in [0.1, 0.15) is 0 Å². The summed E-state index contributed by atoms with van der Waals surface area (Å²) >= 11 is 6.46. The van der Waals surface area contributed by atoms with Gasteiger partial charge in [-0.15, -0.1) is 0 Å². The fraction of sp³-hybridized carbons (Fsp3) is 0.217. The quantitative estimate of drug-likeness (QED) is 0.373. The molecule has 10 heteroatoms. The zero-order chi connectivity index (χ0) is 23.0. The van der Waals surface area contributed by atoms with Gasteiger partial charge < -0.3 is 19.9 Å². The lowest BCUT2D eigenvalue weighted by atomic mass is 10.1. The molecule has 2 aromatic carbocycles. The van der Waals surface area contributed by atoms with Crippen LogP contribution in [-0.4, -0.2) is 50.9 Å². The highest BCUT2D eigenvalue weighted by molar-refractivity contribution is 7.92. The number of nitrogens with zero attached hydrogens (tertiary/aromatic N) is 3. The Hall–Kier alpha value is -3.30. The van der Waals surface area contributed by atoms with E-state index in [9.17, 15) is 4.21 Å². The van der Waals surface area contributed by atoms with Gasteiger partial charge in [-0.05, 0) is 24.3 Å². The van der Waals surface area contributed by atoms with Crippen LogP contribution in [0.15, 0.2) is 54.9 Å². The van der Waals surface area contributed by atoms with E-state index in [1.807, 2.05) is 48.7 Å². The van der Waals surface area contributed by atoms with Crippen molar-refractivity contribution in [2.45, 2.75) is 0 Å². The van der Waals surface area contributed by atoms with Crippen LogP contribution >= 0.6 is 11.6 Å². The van der Waals surface area contributed by atoms with E-state index in [-0.39, 0.29) is 0 Å². The number of benzene rings is 2. The normalized spacial score (nSPS) is 15.5. The summed E-state index contributed by atoms with van der Waals surface area (Å²) in [5.74, 6) is 1.80. The first-order valence-electron chi connectivity index (χ1n) is 10.5. The molecular weight excluding hydrogens is 460 g/mol. The van der Waals surface area contributed by atoms with Crippen molar-refractivity contribution in [3.05, 3.63) is 59.9 Å². The third-order valence-electron chi connectivity index (χ3n) is 5.77. The van der Waals surface area contributed by atoms with Crippen molar-refractivity contribution < 1.29 is 8.95 Å². The highest BCUT2D eigenvalue weighted by atomic mass is 35.5. The maximum absolute atomic E-state index is 12.0. The second kappa shape index (κ2) is 8.57. The number of hydrogen-bond acceptors (Lipinski definition) is 7. The number of aromatic nitrogens is 3. The van der Waals surface area contributed by atoms with Crippen LogP contribution in [0.4, 0.5) is 17.3 Å². The second-order valence-corrected chi connectivity index (χ2v) is 10.7. The molecule has 33 heavy (non-hydrogen) atoms. The minimum atomic E-state index is -2.44. The number of H-pyrrole nitrogens is 1. The van der Waals surface area contributed by atoms with Crippen molar-refractivity contribution in [3.8, 4) is 17.0 Å². The molecular formula is C23H23ClN6O2S. The van der Waals surface area contributed by atoms with Crippen LogP contribution in [0, 0.1) is 4.78 Å². The van der Waals surface area contributed by atoms with Gasteiger partial charge in [0, 0.05) is 68.7 Å². The van der Waals surface area contributed by atoms with E-state index in [0.717, 1.165) is 27.8 Å². The van der Waals surface area contributed by atoms with E-state index in [1.54, 1.807) is 13.3 Å². The molecule has 0 spiro atoms. The molecule has 5 rings (SSSR count). The number of ether oxygens (including phenoxy) is 1. The highest BCUT2D eigenvalue weighted by Gasteiger charge is 2.20. The Kier molecular flexibility index (Phi) is 5.59. The molecule has 0 radical (unpaired) electrons. The summed E-state index contributed by atoms with van der Waals surface area (Å²) in [5, 5.41) is 4.73. The zero-order valence-electron chi connectivity index (χ0n) is 18.0. The van der Waals surface area contributed by atoms with E-state index in [4.69, 9.17) is 21.1 Å². The van der Waals surface area contributed by atoms with Gasteiger partial charge in [0.05, 0.1) is 29.7 Å². The van der Waals surface area contributed by atoms with E-state index in [0.29, 0.717) is 47.0 Å². The molecule has 3 N–H and O–H groups in total. The summed E-state index contributed by atoms with van der Waals surface area (Å²) in [6.07, 6.45) is 3.48. The van der Waals surface area contributed by atoms with Gasteiger partial charge in [0.1, 0.15) is 5.75 Å². The van der Waals surface area contributed by atoms with Crippen LogP contribution in [0.3, 0.4) is 0 Å². The minimum absolute atomic E-state index is 0.380. The average Bonchev–Trinajstić information content (AvgIpc) is 3.30. The van der Waals surface area contributed by atoms with Gasteiger partial charge in [0.25, 0.3) is 0 Å². The molecule has 0 aliphatic carbocycles. The van der Waals surface area contributed by atoms with Gasteiger partial charge in [0.2, 0.25) is 5.95 Å². The van der Waals surface area contributed by atoms with Crippen molar-refractivity contribution in [2.24, 2.45) is 0 Å². The summed E-state index contributed by atoms with van der Waals surface area (Å²) in [7, 11) is -0.834. The van der Waals surface area contributed by atoms with Crippen LogP contribution in [0.5, 0.6) is 5.75 Å². The Balaban J connectivity index is 1.44. The van der Waals surface area contributed by atoms with E-state index in [1.165, 1.54) is 0 Å². The molecule has 3 heterocycles. The standard InChI is InChI=1S/C23H23ClN6O2S/c1-32-21-13-15(30-9-11-33(25,31)12-10-30)5-6-20(21)28-23-27-14-18(24)22(29-23)17-3-2-4-19-16(17)7-8-26-19/h2-8,13-14,25-26H,9-12H2,1H3,(H,27,28,29). The molecule has 0 saturated carbocycles. The second-order valence-electron chi connectivity index (χ2n) is 7.85. The molecule has 1 aliphatic rings. The highest BCUT2D eigenvalue weighted by Crippen LogP contribution is 2.35. The van der Waals surface area contributed by atoms with Crippen molar-refractivity contribution in [1.29, 1.82) is 4.78 Å². The van der Waals surface area contributed by atoms with Gasteiger partial charge in [-0.3, -0.25) is 4.78 Å². The molecule has 0 amide bonds. The Morgan fingerprint density at radius 1 is 1.21 bits per heavy atom. The summed E-state index contributed by atoms with van der Waals surface area (Å²) < 4.78 is 25.3. The first kappa shape index (κ1) is 21.5. The first-order valence-corrected chi connectivity index (χ1v) is 12.7. The number of hydrogen-bond donors (Lipinski definition) is 3. The molecule has 1 saturated heterocycles. The number of nitrogens with one attached hydrogen (secondary N) is 3. The fourth-order valence-corrected chi connectivity index (χ4v) is 5.42. The van der Waals surface area contributed by atoms with Crippen molar-refractivity contribution >= 4 is 49.6 Å². The van der Waals surface area contributed by atoms with Gasteiger partial charge in [-0.25, -0.2) is 14.2 Å². The molecule has 1 aliphatic heterocycles. The predicted octanol–water partition coefficient (Wildman–Crippen LogP) is 4.90.